The number of nitrogens with one attached hydrogen (secondary N) is 1. The number of benzene rings is 1. The van der Waals surface area contributed by atoms with Crippen LogP contribution in [0.25, 0.3) is 22.6 Å². The molecule has 158 valence electrons. The van der Waals surface area contributed by atoms with Crippen molar-refractivity contribution in [3.8, 4) is 28.4 Å². The number of imidazole rings is 1. The van der Waals surface area contributed by atoms with Crippen molar-refractivity contribution >= 4 is 0 Å². The molecule has 0 bridgehead atoms. The Labute approximate surface area is 181 Å². The van der Waals surface area contributed by atoms with Crippen molar-refractivity contribution in [2.24, 2.45) is 0 Å². The van der Waals surface area contributed by atoms with E-state index in [4.69, 9.17) is 4.74 Å². The second-order valence-electron chi connectivity index (χ2n) is 8.43. The highest BCUT2D eigenvalue weighted by molar-refractivity contribution is 5.67. The summed E-state index contributed by atoms with van der Waals surface area (Å²) in [6.07, 6.45) is 6.76. The minimum atomic E-state index is 0.404. The highest BCUT2D eigenvalue weighted by Gasteiger charge is 2.23. The summed E-state index contributed by atoms with van der Waals surface area (Å²) in [5.74, 6) is 1.92. The van der Waals surface area contributed by atoms with Crippen LogP contribution in [0.1, 0.15) is 48.9 Å². The second kappa shape index (κ2) is 7.98. The molecule has 0 spiro atoms. The predicted octanol–water partition coefficient (Wildman–Crippen LogP) is 4.73. The number of aromatic amines is 1. The molecule has 31 heavy (non-hydrogen) atoms. The molecule has 1 N–H and O–H groups in total. The van der Waals surface area contributed by atoms with Crippen molar-refractivity contribution in [2.75, 3.05) is 6.61 Å². The highest BCUT2D eigenvalue weighted by Crippen LogP contribution is 2.37. The molecule has 0 unspecified atom stereocenters. The van der Waals surface area contributed by atoms with Crippen molar-refractivity contribution in [1.82, 2.24) is 29.9 Å². The van der Waals surface area contributed by atoms with Crippen LogP contribution in [0.4, 0.5) is 0 Å². The maximum Gasteiger partial charge on any atom is 0.122 e. The first-order chi connectivity index (χ1) is 15.1. The molecule has 1 aliphatic heterocycles. The van der Waals surface area contributed by atoms with Gasteiger partial charge in [0, 0.05) is 30.4 Å². The van der Waals surface area contributed by atoms with Crippen LogP contribution in [0.3, 0.4) is 0 Å². The number of aromatic nitrogens is 6. The van der Waals surface area contributed by atoms with Crippen LogP contribution < -0.4 is 4.74 Å². The lowest BCUT2D eigenvalue weighted by molar-refractivity contribution is 0.258. The Morgan fingerprint density at radius 3 is 2.84 bits per heavy atom. The SMILES string of the molecule is Cc1n[nH]nc1-c1ccnc(-c2cn(C[C@@H]3CCOc4ccc(C(C)C)cc43)cn2)c1. The first-order valence-electron chi connectivity index (χ1n) is 10.7. The number of aryl methyl sites for hydroxylation is 1. The van der Waals surface area contributed by atoms with E-state index in [9.17, 15) is 0 Å². The first-order valence-corrected chi connectivity index (χ1v) is 10.7. The summed E-state index contributed by atoms with van der Waals surface area (Å²) in [5.41, 5.74) is 7.01. The molecular weight excluding hydrogens is 388 g/mol. The summed E-state index contributed by atoms with van der Waals surface area (Å²) < 4.78 is 8.07. The summed E-state index contributed by atoms with van der Waals surface area (Å²) in [7, 11) is 0. The molecule has 1 aliphatic rings. The van der Waals surface area contributed by atoms with Gasteiger partial charge in [-0.15, -0.1) is 0 Å². The zero-order valence-corrected chi connectivity index (χ0v) is 18.0. The van der Waals surface area contributed by atoms with Crippen LogP contribution >= 0.6 is 0 Å². The summed E-state index contributed by atoms with van der Waals surface area (Å²) in [6, 6.07) is 10.6. The molecule has 1 aromatic carbocycles. The monoisotopic (exact) mass is 414 g/mol. The number of fused-ring (bicyclic) bond motifs is 1. The average molecular weight is 415 g/mol. The third kappa shape index (κ3) is 3.83. The molecule has 0 fully saturated rings. The van der Waals surface area contributed by atoms with Crippen molar-refractivity contribution in [3.63, 3.8) is 0 Å². The summed E-state index contributed by atoms with van der Waals surface area (Å²) >= 11 is 0. The Hall–Kier alpha value is -3.48. The van der Waals surface area contributed by atoms with E-state index in [1.54, 1.807) is 6.20 Å². The molecule has 3 aromatic heterocycles. The Balaban J connectivity index is 1.39. The van der Waals surface area contributed by atoms with Gasteiger partial charge in [0.15, 0.2) is 0 Å². The van der Waals surface area contributed by atoms with Gasteiger partial charge in [0.25, 0.3) is 0 Å². The van der Waals surface area contributed by atoms with Crippen molar-refractivity contribution in [1.29, 1.82) is 0 Å². The maximum atomic E-state index is 5.91. The van der Waals surface area contributed by atoms with Crippen LogP contribution in [-0.4, -0.2) is 36.6 Å². The van der Waals surface area contributed by atoms with Crippen LogP contribution in [0.5, 0.6) is 5.75 Å². The fourth-order valence-electron chi connectivity index (χ4n) is 4.15. The van der Waals surface area contributed by atoms with Crippen molar-refractivity contribution < 1.29 is 4.74 Å². The largest absolute Gasteiger partial charge is 0.493 e. The third-order valence-corrected chi connectivity index (χ3v) is 5.95. The summed E-state index contributed by atoms with van der Waals surface area (Å²) in [5, 5.41) is 11.0. The van der Waals surface area contributed by atoms with Gasteiger partial charge < -0.3 is 9.30 Å². The van der Waals surface area contributed by atoms with Crippen LogP contribution in [0.2, 0.25) is 0 Å². The Morgan fingerprint density at radius 1 is 1.13 bits per heavy atom. The summed E-state index contributed by atoms with van der Waals surface area (Å²) in [6.45, 7) is 8.01. The molecule has 0 saturated heterocycles. The van der Waals surface area contributed by atoms with E-state index in [2.05, 4.69) is 68.2 Å². The number of nitrogens with zero attached hydrogens (tertiary/aromatic N) is 5. The van der Waals surface area contributed by atoms with Gasteiger partial charge in [0.1, 0.15) is 17.1 Å². The van der Waals surface area contributed by atoms with Gasteiger partial charge in [-0.3, -0.25) is 4.98 Å². The van der Waals surface area contributed by atoms with E-state index in [1.807, 2.05) is 25.4 Å². The zero-order valence-electron chi connectivity index (χ0n) is 18.0. The molecule has 0 amide bonds. The molecule has 7 heteroatoms. The van der Waals surface area contributed by atoms with E-state index in [1.165, 1.54) is 11.1 Å². The van der Waals surface area contributed by atoms with Gasteiger partial charge in [-0.1, -0.05) is 26.0 Å². The van der Waals surface area contributed by atoms with E-state index in [0.717, 1.165) is 53.7 Å². The lowest BCUT2D eigenvalue weighted by Crippen LogP contribution is -2.18. The van der Waals surface area contributed by atoms with Gasteiger partial charge in [-0.05, 0) is 48.6 Å². The lowest BCUT2D eigenvalue weighted by Gasteiger charge is -2.27. The minimum Gasteiger partial charge on any atom is -0.493 e. The molecule has 0 aliphatic carbocycles. The van der Waals surface area contributed by atoms with Crippen molar-refractivity contribution in [2.45, 2.75) is 45.6 Å². The highest BCUT2D eigenvalue weighted by atomic mass is 16.5. The quantitative estimate of drug-likeness (QED) is 0.511. The molecule has 4 aromatic rings. The second-order valence-corrected chi connectivity index (χ2v) is 8.43. The van der Waals surface area contributed by atoms with Gasteiger partial charge >= 0.3 is 0 Å². The fourth-order valence-corrected chi connectivity index (χ4v) is 4.15. The van der Waals surface area contributed by atoms with E-state index in [-0.39, 0.29) is 0 Å². The number of rotatable bonds is 5. The van der Waals surface area contributed by atoms with Gasteiger partial charge in [-0.2, -0.15) is 15.4 Å². The number of hydrogen-bond donors (Lipinski definition) is 1. The smallest absolute Gasteiger partial charge is 0.122 e. The van der Waals surface area contributed by atoms with Crippen LogP contribution in [0, 0.1) is 6.92 Å². The van der Waals surface area contributed by atoms with E-state index < -0.39 is 0 Å². The van der Waals surface area contributed by atoms with E-state index >= 15 is 0 Å². The molecular formula is C24H26N6O. The Morgan fingerprint density at radius 2 is 2.03 bits per heavy atom. The molecule has 4 heterocycles. The third-order valence-electron chi connectivity index (χ3n) is 5.95. The molecule has 7 nitrogen and oxygen atoms in total. The maximum absolute atomic E-state index is 5.91. The van der Waals surface area contributed by atoms with Crippen LogP contribution in [-0.2, 0) is 6.54 Å². The number of pyridine rings is 1. The fraction of sp³-hybridized carbons (Fsp3) is 0.333. The molecule has 0 saturated carbocycles. The summed E-state index contributed by atoms with van der Waals surface area (Å²) in [4.78, 5) is 9.15. The van der Waals surface area contributed by atoms with Crippen molar-refractivity contribution in [3.05, 3.63) is 65.9 Å². The topological polar surface area (TPSA) is 81.5 Å². The number of H-pyrrole nitrogens is 1. The predicted molar refractivity (Wildman–Crippen MR) is 119 cm³/mol. The average Bonchev–Trinajstić information content (AvgIpc) is 3.43. The normalized spacial score (nSPS) is 15.7. The molecule has 5 rings (SSSR count). The first kappa shape index (κ1) is 19.5. The Kier molecular flexibility index (Phi) is 5.02. The Bertz CT molecular complexity index is 1210. The minimum absolute atomic E-state index is 0.404. The van der Waals surface area contributed by atoms with Gasteiger partial charge in [0.05, 0.1) is 24.3 Å². The van der Waals surface area contributed by atoms with Gasteiger partial charge in [-0.25, -0.2) is 4.98 Å². The van der Waals surface area contributed by atoms with Crippen LogP contribution in [0.15, 0.2) is 49.1 Å². The lowest BCUT2D eigenvalue weighted by atomic mass is 9.89. The number of hydrogen-bond acceptors (Lipinski definition) is 5. The molecule has 0 radical (unpaired) electrons. The number of ether oxygens (including phenoxy) is 1. The van der Waals surface area contributed by atoms with E-state index in [0.29, 0.717) is 11.8 Å². The zero-order chi connectivity index (χ0) is 21.4. The standard InChI is InChI=1S/C24H26N6O/c1-15(2)17-4-5-23-20(10-17)19(7-9-31-23)12-30-13-22(26-14-30)21-11-18(6-8-25-21)24-16(3)27-29-28-24/h4-6,8,10-11,13-15,19H,7,9,12H2,1-3H3,(H,27,28,29)/t19-/m0/s1. The molecule has 1 atom stereocenters. The van der Waals surface area contributed by atoms with Gasteiger partial charge in [0.2, 0.25) is 0 Å².